The van der Waals surface area contributed by atoms with Crippen molar-refractivity contribution in [2.45, 2.75) is 32.3 Å². The van der Waals surface area contributed by atoms with Gasteiger partial charge in [0.05, 0.1) is 5.69 Å². The molecule has 0 bridgehead atoms. The molecule has 0 aliphatic carbocycles. The van der Waals surface area contributed by atoms with Crippen LogP contribution in [0.4, 0.5) is 23.7 Å². The van der Waals surface area contributed by atoms with E-state index in [1.165, 1.54) is 4.90 Å². The number of hydrogen-bond donors (Lipinski definition) is 1. The number of nitrogens with zero attached hydrogens (tertiary/aromatic N) is 3. The quantitative estimate of drug-likeness (QED) is 0.802. The molecule has 1 fully saturated rings. The van der Waals surface area contributed by atoms with E-state index >= 15 is 0 Å². The number of benzene rings is 1. The molecule has 0 radical (unpaired) electrons. The molecule has 2 heterocycles. The minimum Gasteiger partial charge on any atom is -0.506 e. The molecule has 3 amide bonds. The average molecular weight is 395 g/mol. The molecule has 0 unspecified atom stereocenters. The summed E-state index contributed by atoms with van der Waals surface area (Å²) in [5.74, 6) is -1.97. The lowest BCUT2D eigenvalue weighted by Gasteiger charge is -2.27. The van der Waals surface area contributed by atoms with Gasteiger partial charge in [-0.25, -0.2) is 9.69 Å². The van der Waals surface area contributed by atoms with Gasteiger partial charge in [-0.3, -0.25) is 9.78 Å². The highest BCUT2D eigenvalue weighted by Crippen LogP contribution is 2.39. The van der Waals surface area contributed by atoms with E-state index in [-0.39, 0.29) is 12.2 Å². The lowest BCUT2D eigenvalue weighted by Crippen LogP contribution is -2.43. The molecule has 1 aliphatic rings. The first-order chi connectivity index (χ1) is 13.0. The maximum Gasteiger partial charge on any atom is 0.573 e. The Hall–Kier alpha value is -3.30. The van der Waals surface area contributed by atoms with E-state index in [1.807, 2.05) is 0 Å². The highest BCUT2D eigenvalue weighted by molar-refractivity contribution is 6.23. The second-order valence-electron chi connectivity index (χ2n) is 6.62. The van der Waals surface area contributed by atoms with Crippen molar-refractivity contribution in [1.82, 2.24) is 9.88 Å². The minimum atomic E-state index is -4.93. The number of phenolic OH excluding ortho intramolecular Hbond substituents is 1. The van der Waals surface area contributed by atoms with Crippen molar-refractivity contribution in [3.05, 3.63) is 48.3 Å². The van der Waals surface area contributed by atoms with Crippen LogP contribution in [0.3, 0.4) is 0 Å². The van der Waals surface area contributed by atoms with Gasteiger partial charge >= 0.3 is 12.4 Å². The molecule has 10 heteroatoms. The van der Waals surface area contributed by atoms with Gasteiger partial charge in [0.25, 0.3) is 5.91 Å². The largest absolute Gasteiger partial charge is 0.573 e. The number of alkyl halides is 3. The average Bonchev–Trinajstić information content (AvgIpc) is 2.75. The van der Waals surface area contributed by atoms with Crippen molar-refractivity contribution in [2.75, 3.05) is 4.90 Å². The number of anilines is 1. The molecule has 1 saturated heterocycles. The number of pyridine rings is 1. The molecule has 1 aliphatic heterocycles. The number of hydrogen-bond acceptors (Lipinski definition) is 5. The Bertz CT molecular complexity index is 916. The first-order valence-corrected chi connectivity index (χ1v) is 8.14. The molecular formula is C18H16F3N3O4. The third-order valence-corrected chi connectivity index (χ3v) is 4.33. The normalized spacial score (nSPS) is 16.6. The van der Waals surface area contributed by atoms with Gasteiger partial charge in [-0.05, 0) is 43.7 Å². The molecule has 28 heavy (non-hydrogen) atoms. The molecule has 0 atom stereocenters. The first-order valence-electron chi connectivity index (χ1n) is 8.14. The van der Waals surface area contributed by atoms with Crippen LogP contribution in [0, 0.1) is 0 Å². The van der Waals surface area contributed by atoms with Gasteiger partial charge in [-0.2, -0.15) is 0 Å². The summed E-state index contributed by atoms with van der Waals surface area (Å²) < 4.78 is 40.7. The topological polar surface area (TPSA) is 83.0 Å². The van der Waals surface area contributed by atoms with E-state index in [0.717, 1.165) is 22.6 Å². The standard InChI is InChI=1S/C18H16F3N3O4/c1-17(2)15(26)24(16(27)23(17)10-11-5-7-22-8-6-11)13-4-3-12(9-14(13)25)28-18(19,20)21/h3-9,25H,10H2,1-2H3. The number of aromatic hydroxyl groups is 1. The lowest BCUT2D eigenvalue weighted by atomic mass is 10.0. The van der Waals surface area contributed by atoms with Gasteiger partial charge in [0, 0.05) is 25.0 Å². The van der Waals surface area contributed by atoms with Crippen LogP contribution < -0.4 is 9.64 Å². The van der Waals surface area contributed by atoms with Crippen LogP contribution in [-0.4, -0.2) is 38.8 Å². The van der Waals surface area contributed by atoms with Crippen molar-refractivity contribution < 1.29 is 32.6 Å². The first kappa shape index (κ1) is 19.5. The van der Waals surface area contributed by atoms with Crippen LogP contribution >= 0.6 is 0 Å². The number of halogens is 3. The predicted molar refractivity (Wildman–Crippen MR) is 91.5 cm³/mol. The fourth-order valence-electron chi connectivity index (χ4n) is 2.87. The molecular weight excluding hydrogens is 379 g/mol. The summed E-state index contributed by atoms with van der Waals surface area (Å²) in [5.41, 5.74) is -0.715. The molecule has 7 nitrogen and oxygen atoms in total. The second-order valence-corrected chi connectivity index (χ2v) is 6.62. The molecule has 148 valence electrons. The maximum atomic E-state index is 12.9. The zero-order valence-corrected chi connectivity index (χ0v) is 14.9. The van der Waals surface area contributed by atoms with Crippen LogP contribution in [0.2, 0.25) is 0 Å². The smallest absolute Gasteiger partial charge is 0.506 e. The summed E-state index contributed by atoms with van der Waals surface area (Å²) in [6.45, 7) is 3.21. The van der Waals surface area contributed by atoms with Crippen LogP contribution in [0.25, 0.3) is 0 Å². The van der Waals surface area contributed by atoms with E-state index < -0.39 is 35.3 Å². The van der Waals surface area contributed by atoms with Crippen LogP contribution in [0.15, 0.2) is 42.7 Å². The highest BCUT2D eigenvalue weighted by atomic mass is 19.4. The number of imide groups is 1. The number of urea groups is 1. The number of phenols is 1. The number of rotatable bonds is 4. The Balaban J connectivity index is 1.92. The molecule has 3 rings (SSSR count). The second kappa shape index (κ2) is 6.70. The van der Waals surface area contributed by atoms with Crippen molar-refractivity contribution >= 4 is 17.6 Å². The van der Waals surface area contributed by atoms with Gasteiger partial charge in [-0.15, -0.1) is 13.2 Å². The minimum absolute atomic E-state index is 0.118. The zero-order chi connectivity index (χ0) is 20.7. The Morgan fingerprint density at radius 2 is 1.79 bits per heavy atom. The number of carbonyl (C=O) groups excluding carboxylic acids is 2. The number of carbonyl (C=O) groups is 2. The molecule has 2 aromatic rings. The van der Waals surface area contributed by atoms with E-state index in [2.05, 4.69) is 9.72 Å². The SMILES string of the molecule is CC1(C)C(=O)N(c2ccc(OC(F)(F)F)cc2O)C(=O)N1Cc1ccncc1. The third-order valence-electron chi connectivity index (χ3n) is 4.33. The van der Waals surface area contributed by atoms with Gasteiger partial charge in [0.15, 0.2) is 0 Å². The van der Waals surface area contributed by atoms with Crippen molar-refractivity contribution in [1.29, 1.82) is 0 Å². The Kier molecular flexibility index (Phi) is 4.66. The van der Waals surface area contributed by atoms with Crippen LogP contribution in [-0.2, 0) is 11.3 Å². The third kappa shape index (κ3) is 3.57. The van der Waals surface area contributed by atoms with E-state index in [4.69, 9.17) is 0 Å². The molecule has 0 saturated carbocycles. The van der Waals surface area contributed by atoms with Gasteiger partial charge in [0.2, 0.25) is 0 Å². The number of amides is 3. The van der Waals surface area contributed by atoms with Gasteiger partial charge in [0.1, 0.15) is 17.0 Å². The Morgan fingerprint density at radius 1 is 1.14 bits per heavy atom. The maximum absolute atomic E-state index is 12.9. The highest BCUT2D eigenvalue weighted by Gasteiger charge is 2.52. The Morgan fingerprint density at radius 3 is 2.36 bits per heavy atom. The number of aromatic nitrogens is 1. The van der Waals surface area contributed by atoms with E-state index in [9.17, 15) is 27.9 Å². The van der Waals surface area contributed by atoms with Crippen LogP contribution in [0.1, 0.15) is 19.4 Å². The summed E-state index contributed by atoms with van der Waals surface area (Å²) in [7, 11) is 0. The summed E-state index contributed by atoms with van der Waals surface area (Å²) in [6, 6.07) is 5.32. The summed E-state index contributed by atoms with van der Waals surface area (Å²) in [6.07, 6.45) is -1.84. The number of ether oxygens (including phenoxy) is 1. The fraction of sp³-hybridized carbons (Fsp3) is 0.278. The summed E-state index contributed by atoms with van der Waals surface area (Å²) in [4.78, 5) is 31.7. The predicted octanol–water partition coefficient (Wildman–Crippen LogP) is 3.43. The van der Waals surface area contributed by atoms with Crippen molar-refractivity contribution in [3.63, 3.8) is 0 Å². The van der Waals surface area contributed by atoms with Crippen molar-refractivity contribution in [2.24, 2.45) is 0 Å². The molecule has 1 aromatic carbocycles. The Labute approximate surface area is 158 Å². The summed E-state index contributed by atoms with van der Waals surface area (Å²) in [5, 5.41) is 10.1. The van der Waals surface area contributed by atoms with Gasteiger partial charge < -0.3 is 14.7 Å². The lowest BCUT2D eigenvalue weighted by molar-refractivity contribution is -0.274. The molecule has 0 spiro atoms. The van der Waals surface area contributed by atoms with E-state index in [1.54, 1.807) is 38.4 Å². The zero-order valence-electron chi connectivity index (χ0n) is 14.9. The summed E-state index contributed by atoms with van der Waals surface area (Å²) >= 11 is 0. The molecule has 1 N–H and O–H groups in total. The van der Waals surface area contributed by atoms with Crippen molar-refractivity contribution in [3.8, 4) is 11.5 Å². The van der Waals surface area contributed by atoms with Crippen LogP contribution in [0.5, 0.6) is 11.5 Å². The monoisotopic (exact) mass is 395 g/mol. The van der Waals surface area contributed by atoms with Gasteiger partial charge in [-0.1, -0.05) is 0 Å². The molecule has 1 aromatic heterocycles. The van der Waals surface area contributed by atoms with E-state index in [0.29, 0.717) is 6.07 Å². The fourth-order valence-corrected chi connectivity index (χ4v) is 2.87.